The van der Waals surface area contributed by atoms with Gasteiger partial charge in [-0.15, -0.1) is 0 Å². The lowest BCUT2D eigenvalue weighted by Crippen LogP contribution is -2.54. The highest BCUT2D eigenvalue weighted by atomic mass is 16.5. The third kappa shape index (κ3) is 2.38. The van der Waals surface area contributed by atoms with Gasteiger partial charge in [0.2, 0.25) is 0 Å². The first-order valence-corrected chi connectivity index (χ1v) is 10.9. The summed E-state index contributed by atoms with van der Waals surface area (Å²) in [7, 11) is 0. The number of ketones is 2. The fraction of sp³-hybridized carbons (Fsp3) is 0.783. The molecule has 4 fully saturated rings. The van der Waals surface area contributed by atoms with E-state index in [1.807, 2.05) is 0 Å². The maximum Gasteiger partial charge on any atom is 0.303 e. The predicted molar refractivity (Wildman–Crippen MR) is 101 cm³/mol. The molecule has 5 nitrogen and oxygen atoms in total. The van der Waals surface area contributed by atoms with Gasteiger partial charge in [-0.25, -0.2) is 0 Å². The van der Waals surface area contributed by atoms with Gasteiger partial charge >= 0.3 is 5.97 Å². The van der Waals surface area contributed by atoms with Gasteiger partial charge in [0.15, 0.2) is 11.6 Å². The summed E-state index contributed by atoms with van der Waals surface area (Å²) in [5, 5.41) is 0. The van der Waals surface area contributed by atoms with Crippen molar-refractivity contribution in [1.82, 2.24) is 0 Å². The van der Waals surface area contributed by atoms with E-state index in [4.69, 9.17) is 9.47 Å². The van der Waals surface area contributed by atoms with Crippen molar-refractivity contribution in [2.24, 2.45) is 34.5 Å². The minimum absolute atomic E-state index is 0.0590. The summed E-state index contributed by atoms with van der Waals surface area (Å²) in [4.78, 5) is 36.7. The molecule has 0 aromatic heterocycles. The highest BCUT2D eigenvalue weighted by Crippen LogP contribution is 2.68. The fourth-order valence-electron chi connectivity index (χ4n) is 7.92. The molecular formula is C23H30O5. The lowest BCUT2D eigenvalue weighted by molar-refractivity contribution is -0.150. The molecule has 1 spiro atoms. The normalized spacial score (nSPS) is 46.3. The van der Waals surface area contributed by atoms with E-state index in [-0.39, 0.29) is 35.2 Å². The molecule has 3 saturated carbocycles. The standard InChI is InChI=1S/C23H30O5/c1-13(24)27-11-19(26)16-8-7-15-14-5-6-17-18(25)4-3-9-23(17)12-28-20(21(14)23)10-22(15,16)2/h6,14-16,20-21H,3-5,7-12H2,1-2H3/t14-,15-,16+,20-,21+,22-,23+/m0/s1. The quantitative estimate of drug-likeness (QED) is 0.697. The van der Waals surface area contributed by atoms with E-state index in [0.717, 1.165) is 44.1 Å². The van der Waals surface area contributed by atoms with Crippen molar-refractivity contribution < 1.29 is 23.9 Å². The Hall–Kier alpha value is -1.49. The van der Waals surface area contributed by atoms with Crippen molar-refractivity contribution >= 4 is 17.5 Å². The number of fused-ring (bicyclic) bond motifs is 2. The average Bonchev–Trinajstić information content (AvgIpc) is 3.18. The van der Waals surface area contributed by atoms with Crippen LogP contribution in [-0.4, -0.2) is 36.9 Å². The maximum absolute atomic E-state index is 12.9. The summed E-state index contributed by atoms with van der Waals surface area (Å²) in [6, 6.07) is 0. The Morgan fingerprint density at radius 2 is 2.14 bits per heavy atom. The van der Waals surface area contributed by atoms with Crippen molar-refractivity contribution in [1.29, 1.82) is 0 Å². The zero-order valence-corrected chi connectivity index (χ0v) is 16.9. The van der Waals surface area contributed by atoms with Gasteiger partial charge in [0, 0.05) is 30.6 Å². The summed E-state index contributed by atoms with van der Waals surface area (Å²) in [5.41, 5.74) is 0.898. The summed E-state index contributed by atoms with van der Waals surface area (Å²) < 4.78 is 11.4. The highest BCUT2D eigenvalue weighted by molar-refractivity contribution is 5.98. The van der Waals surface area contributed by atoms with Gasteiger partial charge in [0.1, 0.15) is 6.61 Å². The molecule has 0 radical (unpaired) electrons. The molecule has 4 aliphatic carbocycles. The molecule has 1 aliphatic heterocycles. The molecule has 0 aromatic carbocycles. The van der Waals surface area contributed by atoms with Gasteiger partial charge in [-0.05, 0) is 61.3 Å². The van der Waals surface area contributed by atoms with Crippen LogP contribution < -0.4 is 0 Å². The van der Waals surface area contributed by atoms with E-state index in [0.29, 0.717) is 36.6 Å². The van der Waals surface area contributed by atoms with Crippen LogP contribution in [0.15, 0.2) is 11.6 Å². The van der Waals surface area contributed by atoms with Crippen LogP contribution in [0.2, 0.25) is 0 Å². The molecule has 1 heterocycles. The van der Waals surface area contributed by atoms with Crippen LogP contribution in [0.3, 0.4) is 0 Å². The van der Waals surface area contributed by atoms with Crippen molar-refractivity contribution in [3.63, 3.8) is 0 Å². The lowest BCUT2D eigenvalue weighted by atomic mass is 9.47. The van der Waals surface area contributed by atoms with Crippen LogP contribution in [0.5, 0.6) is 0 Å². The summed E-state index contributed by atoms with van der Waals surface area (Å²) >= 11 is 0. The number of hydrogen-bond donors (Lipinski definition) is 0. The molecule has 1 saturated heterocycles. The third-order valence-electron chi connectivity index (χ3n) is 8.89. The van der Waals surface area contributed by atoms with E-state index in [1.165, 1.54) is 6.92 Å². The smallest absolute Gasteiger partial charge is 0.303 e. The summed E-state index contributed by atoms with van der Waals surface area (Å²) in [5.74, 6) is 1.34. The molecule has 5 rings (SSSR count). The zero-order valence-electron chi connectivity index (χ0n) is 16.9. The van der Waals surface area contributed by atoms with Crippen LogP contribution in [0.1, 0.15) is 58.8 Å². The first kappa shape index (κ1) is 18.5. The molecule has 0 amide bonds. The van der Waals surface area contributed by atoms with Gasteiger partial charge in [-0.1, -0.05) is 13.0 Å². The molecule has 0 aromatic rings. The van der Waals surface area contributed by atoms with Crippen LogP contribution in [-0.2, 0) is 23.9 Å². The van der Waals surface area contributed by atoms with E-state index in [1.54, 1.807) is 0 Å². The molecule has 28 heavy (non-hydrogen) atoms. The molecule has 0 unspecified atom stereocenters. The Morgan fingerprint density at radius 1 is 1.32 bits per heavy atom. The Bertz CT molecular complexity index is 769. The number of Topliss-reactive ketones (excluding diaryl/α,β-unsaturated/α-hetero) is 2. The number of allylic oxidation sites excluding steroid dienone is 1. The van der Waals surface area contributed by atoms with Gasteiger partial charge in [0.05, 0.1) is 12.7 Å². The summed E-state index contributed by atoms with van der Waals surface area (Å²) in [6.07, 6.45) is 8.85. The molecule has 0 bridgehead atoms. The molecule has 5 aliphatic rings. The topological polar surface area (TPSA) is 69.7 Å². The second-order valence-electron chi connectivity index (χ2n) is 10.0. The average molecular weight is 386 g/mol. The van der Waals surface area contributed by atoms with Crippen molar-refractivity contribution in [2.75, 3.05) is 13.2 Å². The fourth-order valence-corrected chi connectivity index (χ4v) is 7.92. The molecule has 152 valence electrons. The highest BCUT2D eigenvalue weighted by Gasteiger charge is 2.67. The van der Waals surface area contributed by atoms with Gasteiger partial charge in [0.25, 0.3) is 0 Å². The van der Waals surface area contributed by atoms with Gasteiger partial charge < -0.3 is 9.47 Å². The van der Waals surface area contributed by atoms with E-state index >= 15 is 0 Å². The minimum Gasteiger partial charge on any atom is -0.458 e. The van der Waals surface area contributed by atoms with E-state index in [2.05, 4.69) is 13.0 Å². The van der Waals surface area contributed by atoms with Crippen LogP contribution in [0, 0.1) is 34.5 Å². The lowest BCUT2D eigenvalue weighted by Gasteiger charge is -2.55. The van der Waals surface area contributed by atoms with Crippen LogP contribution >= 0.6 is 0 Å². The van der Waals surface area contributed by atoms with Gasteiger partial charge in [-0.3, -0.25) is 14.4 Å². The van der Waals surface area contributed by atoms with Crippen LogP contribution in [0.25, 0.3) is 0 Å². The number of carbonyl (C=O) groups excluding carboxylic acids is 3. The first-order chi connectivity index (χ1) is 13.4. The SMILES string of the molecule is CC(=O)OCC(=O)[C@H]1CC[C@H]2[C@@H]3CC=C4C(=O)CCC[C@@]45CO[C@@H](C[C@]12C)[C@@H]35. The Kier molecular flexibility index (Phi) is 4.14. The zero-order chi connectivity index (χ0) is 19.7. The Balaban J connectivity index is 1.46. The van der Waals surface area contributed by atoms with E-state index < -0.39 is 5.97 Å². The van der Waals surface area contributed by atoms with Crippen LogP contribution in [0.4, 0.5) is 0 Å². The first-order valence-electron chi connectivity index (χ1n) is 10.9. The number of ether oxygens (including phenoxy) is 2. The third-order valence-corrected chi connectivity index (χ3v) is 8.89. The summed E-state index contributed by atoms with van der Waals surface area (Å²) in [6.45, 7) is 4.17. The van der Waals surface area contributed by atoms with E-state index in [9.17, 15) is 14.4 Å². The predicted octanol–water partition coefficient (Wildman–Crippen LogP) is 3.26. The van der Waals surface area contributed by atoms with Gasteiger partial charge in [-0.2, -0.15) is 0 Å². The molecule has 7 atom stereocenters. The van der Waals surface area contributed by atoms with Crippen molar-refractivity contribution in [2.45, 2.75) is 64.9 Å². The number of rotatable bonds is 3. The van der Waals surface area contributed by atoms with Crippen molar-refractivity contribution in [3.05, 3.63) is 11.6 Å². The van der Waals surface area contributed by atoms with Crippen molar-refractivity contribution in [3.8, 4) is 0 Å². The second-order valence-corrected chi connectivity index (χ2v) is 10.0. The Labute approximate surface area is 166 Å². The number of esters is 1. The monoisotopic (exact) mass is 386 g/mol. The Morgan fingerprint density at radius 3 is 2.93 bits per heavy atom. The maximum atomic E-state index is 12.9. The molecule has 5 heteroatoms. The molecule has 0 N–H and O–H groups in total. The molecular weight excluding hydrogens is 356 g/mol. The minimum atomic E-state index is -0.398. The number of hydrogen-bond acceptors (Lipinski definition) is 5. The number of carbonyl (C=O) groups is 3. The largest absolute Gasteiger partial charge is 0.458 e. The second kappa shape index (κ2) is 6.25.